The molecule has 166 valence electrons. The van der Waals surface area contributed by atoms with E-state index in [0.29, 0.717) is 30.2 Å². The Morgan fingerprint density at radius 1 is 0.969 bits per heavy atom. The predicted octanol–water partition coefficient (Wildman–Crippen LogP) is 4.35. The second-order valence-corrected chi connectivity index (χ2v) is 9.60. The average Bonchev–Trinajstić information content (AvgIpc) is 3.61. The van der Waals surface area contributed by atoms with Crippen molar-refractivity contribution in [2.75, 3.05) is 17.9 Å². The summed E-state index contributed by atoms with van der Waals surface area (Å²) in [4.78, 5) is 12.8. The third-order valence-corrected chi connectivity index (χ3v) is 7.03. The number of hydrogen-bond donors (Lipinski definition) is 2. The lowest BCUT2D eigenvalue weighted by molar-refractivity contribution is 0.0949. The zero-order chi connectivity index (χ0) is 22.6. The standard InChI is InChI=1S/C25H26N2O4S/c1-2-31-22-13-11-21(12-14-22)27-32(29,30)23-10-6-7-19(17-23)24(28)26-18-25(15-16-25)20-8-4-3-5-9-20/h3-14,17,27H,2,15-16,18H2,1H3,(H,26,28). The molecule has 0 aliphatic heterocycles. The molecule has 0 radical (unpaired) electrons. The van der Waals surface area contributed by atoms with Crippen LogP contribution in [0.1, 0.15) is 35.7 Å². The number of rotatable bonds is 9. The number of ether oxygens (including phenoxy) is 1. The summed E-state index contributed by atoms with van der Waals surface area (Å²) in [5, 5.41) is 2.98. The molecule has 1 aliphatic carbocycles. The SMILES string of the molecule is CCOc1ccc(NS(=O)(=O)c2cccc(C(=O)NCC3(c4ccccc4)CC3)c2)cc1. The first-order chi connectivity index (χ1) is 15.4. The maximum atomic E-state index is 12.8. The van der Waals surface area contributed by atoms with Gasteiger partial charge in [-0.15, -0.1) is 0 Å². The Kier molecular flexibility index (Phi) is 6.19. The molecule has 0 atom stereocenters. The van der Waals surface area contributed by atoms with Crippen LogP contribution in [-0.2, 0) is 15.4 Å². The van der Waals surface area contributed by atoms with Gasteiger partial charge in [0.15, 0.2) is 0 Å². The number of carbonyl (C=O) groups excluding carboxylic acids is 1. The van der Waals surface area contributed by atoms with E-state index in [4.69, 9.17) is 4.74 Å². The van der Waals surface area contributed by atoms with Crippen molar-refractivity contribution in [2.45, 2.75) is 30.1 Å². The highest BCUT2D eigenvalue weighted by atomic mass is 32.2. The molecule has 3 aromatic rings. The highest BCUT2D eigenvalue weighted by Crippen LogP contribution is 2.47. The number of benzene rings is 3. The van der Waals surface area contributed by atoms with Gasteiger partial charge in [-0.3, -0.25) is 9.52 Å². The Labute approximate surface area is 188 Å². The summed E-state index contributed by atoms with van der Waals surface area (Å²) in [7, 11) is -3.84. The van der Waals surface area contributed by atoms with Crippen molar-refractivity contribution >= 4 is 21.6 Å². The maximum absolute atomic E-state index is 12.8. The first-order valence-corrected chi connectivity index (χ1v) is 12.1. The van der Waals surface area contributed by atoms with E-state index >= 15 is 0 Å². The lowest BCUT2D eigenvalue weighted by atomic mass is 9.96. The van der Waals surface area contributed by atoms with Crippen molar-refractivity contribution in [3.8, 4) is 5.75 Å². The maximum Gasteiger partial charge on any atom is 0.261 e. The fourth-order valence-electron chi connectivity index (χ4n) is 3.67. The summed E-state index contributed by atoms with van der Waals surface area (Å²) in [6, 6.07) is 22.9. The number of anilines is 1. The summed E-state index contributed by atoms with van der Waals surface area (Å²) >= 11 is 0. The number of nitrogens with one attached hydrogen (secondary N) is 2. The molecule has 0 bridgehead atoms. The highest BCUT2D eigenvalue weighted by Gasteiger charge is 2.44. The van der Waals surface area contributed by atoms with Crippen LogP contribution in [0.25, 0.3) is 0 Å². The first-order valence-electron chi connectivity index (χ1n) is 10.6. The van der Waals surface area contributed by atoms with E-state index < -0.39 is 10.0 Å². The molecular formula is C25H26N2O4S. The zero-order valence-electron chi connectivity index (χ0n) is 17.9. The van der Waals surface area contributed by atoms with Gasteiger partial charge in [0.2, 0.25) is 0 Å². The van der Waals surface area contributed by atoms with E-state index in [-0.39, 0.29) is 16.2 Å². The quantitative estimate of drug-likeness (QED) is 0.508. The molecule has 1 saturated carbocycles. The van der Waals surface area contributed by atoms with Gasteiger partial charge in [0.25, 0.3) is 15.9 Å². The van der Waals surface area contributed by atoms with Gasteiger partial charge in [0.05, 0.1) is 11.5 Å². The molecule has 3 aromatic carbocycles. The van der Waals surface area contributed by atoms with Gasteiger partial charge in [-0.25, -0.2) is 8.42 Å². The number of carbonyl (C=O) groups is 1. The third kappa shape index (κ3) is 4.94. The second-order valence-electron chi connectivity index (χ2n) is 7.92. The molecule has 6 nitrogen and oxygen atoms in total. The van der Waals surface area contributed by atoms with E-state index in [1.54, 1.807) is 36.4 Å². The van der Waals surface area contributed by atoms with Gasteiger partial charge in [-0.2, -0.15) is 0 Å². The van der Waals surface area contributed by atoms with Crippen LogP contribution in [0, 0.1) is 0 Å². The number of amides is 1. The van der Waals surface area contributed by atoms with Crippen LogP contribution < -0.4 is 14.8 Å². The molecule has 7 heteroatoms. The second kappa shape index (κ2) is 9.04. The van der Waals surface area contributed by atoms with Crippen LogP contribution in [-0.4, -0.2) is 27.5 Å². The minimum absolute atomic E-state index is 0.0180. The Morgan fingerprint density at radius 3 is 2.34 bits per heavy atom. The van der Waals surface area contributed by atoms with Crippen LogP contribution in [0.2, 0.25) is 0 Å². The summed E-state index contributed by atoms with van der Waals surface area (Å²) in [5.74, 6) is 0.378. The van der Waals surface area contributed by atoms with Crippen LogP contribution >= 0.6 is 0 Å². The van der Waals surface area contributed by atoms with Crippen molar-refractivity contribution in [2.24, 2.45) is 0 Å². The zero-order valence-corrected chi connectivity index (χ0v) is 18.7. The molecule has 1 aliphatic rings. The van der Waals surface area contributed by atoms with Crippen molar-refractivity contribution in [1.82, 2.24) is 5.32 Å². The molecule has 1 fully saturated rings. The largest absolute Gasteiger partial charge is 0.494 e. The van der Waals surface area contributed by atoms with Gasteiger partial charge in [-0.05, 0) is 67.8 Å². The molecule has 4 rings (SSSR count). The molecule has 0 heterocycles. The minimum Gasteiger partial charge on any atom is -0.494 e. The van der Waals surface area contributed by atoms with Gasteiger partial charge in [0, 0.05) is 23.2 Å². The molecule has 0 saturated heterocycles. The van der Waals surface area contributed by atoms with Crippen molar-refractivity contribution < 1.29 is 17.9 Å². The fourth-order valence-corrected chi connectivity index (χ4v) is 4.77. The molecule has 2 N–H and O–H groups in total. The monoisotopic (exact) mass is 450 g/mol. The van der Waals surface area contributed by atoms with Crippen LogP contribution in [0.3, 0.4) is 0 Å². The van der Waals surface area contributed by atoms with Crippen LogP contribution in [0.4, 0.5) is 5.69 Å². The predicted molar refractivity (Wildman–Crippen MR) is 125 cm³/mol. The van der Waals surface area contributed by atoms with Crippen molar-refractivity contribution in [1.29, 1.82) is 0 Å². The van der Waals surface area contributed by atoms with Crippen molar-refractivity contribution in [3.63, 3.8) is 0 Å². The van der Waals surface area contributed by atoms with E-state index in [9.17, 15) is 13.2 Å². The Bertz CT molecular complexity index is 1190. The summed E-state index contributed by atoms with van der Waals surface area (Å²) < 4.78 is 33.6. The minimum atomic E-state index is -3.84. The Morgan fingerprint density at radius 2 is 1.69 bits per heavy atom. The molecular weight excluding hydrogens is 424 g/mol. The molecule has 0 aromatic heterocycles. The summed E-state index contributed by atoms with van der Waals surface area (Å²) in [5.41, 5.74) is 1.93. The Balaban J connectivity index is 1.43. The van der Waals surface area contributed by atoms with E-state index in [1.807, 2.05) is 25.1 Å². The summed E-state index contributed by atoms with van der Waals surface area (Å²) in [6.07, 6.45) is 2.05. The molecule has 0 unspecified atom stereocenters. The van der Waals surface area contributed by atoms with Gasteiger partial charge >= 0.3 is 0 Å². The van der Waals surface area contributed by atoms with E-state index in [2.05, 4.69) is 22.2 Å². The van der Waals surface area contributed by atoms with Crippen LogP contribution in [0.15, 0.2) is 83.8 Å². The summed E-state index contributed by atoms with van der Waals surface area (Å²) in [6.45, 7) is 2.94. The number of hydrogen-bond acceptors (Lipinski definition) is 4. The van der Waals surface area contributed by atoms with Crippen molar-refractivity contribution in [3.05, 3.63) is 90.0 Å². The normalized spacial score (nSPS) is 14.4. The Hall–Kier alpha value is -3.32. The molecule has 32 heavy (non-hydrogen) atoms. The number of sulfonamides is 1. The van der Waals surface area contributed by atoms with Gasteiger partial charge in [0.1, 0.15) is 5.75 Å². The fraction of sp³-hybridized carbons (Fsp3) is 0.240. The highest BCUT2D eigenvalue weighted by molar-refractivity contribution is 7.92. The van der Waals surface area contributed by atoms with E-state index in [1.165, 1.54) is 17.7 Å². The first kappa shape index (κ1) is 21.9. The lowest BCUT2D eigenvalue weighted by Gasteiger charge is -2.17. The lowest BCUT2D eigenvalue weighted by Crippen LogP contribution is -2.32. The smallest absolute Gasteiger partial charge is 0.261 e. The van der Waals surface area contributed by atoms with Crippen LogP contribution in [0.5, 0.6) is 5.75 Å². The molecule has 1 amide bonds. The van der Waals surface area contributed by atoms with E-state index in [0.717, 1.165) is 12.8 Å². The average molecular weight is 451 g/mol. The van der Waals surface area contributed by atoms with Gasteiger partial charge in [-0.1, -0.05) is 36.4 Å². The topological polar surface area (TPSA) is 84.5 Å². The third-order valence-electron chi connectivity index (χ3n) is 5.65. The molecule has 0 spiro atoms. The van der Waals surface area contributed by atoms with Gasteiger partial charge < -0.3 is 10.1 Å².